The van der Waals surface area contributed by atoms with Crippen molar-refractivity contribution in [1.29, 1.82) is 0 Å². The molecular weight excluding hydrogens is 281 g/mol. The van der Waals surface area contributed by atoms with Crippen molar-refractivity contribution in [3.8, 4) is 5.75 Å². The van der Waals surface area contributed by atoms with Crippen LogP contribution in [-0.4, -0.2) is 17.0 Å². The van der Waals surface area contributed by atoms with Crippen molar-refractivity contribution in [3.05, 3.63) is 46.3 Å². The number of hydrogen-bond donors (Lipinski definition) is 3. The second kappa shape index (κ2) is 6.01. The molecule has 9 heteroatoms. The molecule has 0 saturated carbocycles. The minimum Gasteiger partial charge on any atom is -0.494 e. The van der Waals surface area contributed by atoms with Gasteiger partial charge in [-0.2, -0.15) is 0 Å². The molecule has 0 aliphatic heterocycles. The zero-order chi connectivity index (χ0) is 15.4. The molecule has 1 heterocycles. The maximum atomic E-state index is 13.6. The highest BCUT2D eigenvalue weighted by atomic mass is 19.1. The zero-order valence-corrected chi connectivity index (χ0v) is 11.0. The molecule has 0 unspecified atom stereocenters. The van der Waals surface area contributed by atoms with Gasteiger partial charge in [0.05, 0.1) is 12.0 Å². The minimum absolute atomic E-state index is 0.0555. The fourth-order valence-corrected chi connectivity index (χ4v) is 1.65. The minimum atomic E-state index is -0.602. The Labute approximate surface area is 118 Å². The predicted molar refractivity (Wildman–Crippen MR) is 74.9 cm³/mol. The lowest BCUT2D eigenvalue weighted by molar-refractivity contribution is -0.384. The van der Waals surface area contributed by atoms with Crippen LogP contribution in [0.5, 0.6) is 5.75 Å². The Morgan fingerprint density at radius 1 is 1.38 bits per heavy atom. The van der Waals surface area contributed by atoms with Gasteiger partial charge in [0.15, 0.2) is 11.6 Å². The van der Waals surface area contributed by atoms with Gasteiger partial charge in [0.1, 0.15) is 5.82 Å². The van der Waals surface area contributed by atoms with Crippen molar-refractivity contribution >= 4 is 23.0 Å². The fraction of sp³-hybridized carbons (Fsp3) is 0.0833. The number of nitrogens with one attached hydrogen (secondary N) is 2. The van der Waals surface area contributed by atoms with Crippen LogP contribution in [0.1, 0.15) is 0 Å². The van der Waals surface area contributed by atoms with Crippen LogP contribution in [0.3, 0.4) is 0 Å². The number of anilines is 3. The number of pyridine rings is 1. The fourth-order valence-electron chi connectivity index (χ4n) is 1.65. The summed E-state index contributed by atoms with van der Waals surface area (Å²) in [5.74, 6) is 4.86. The lowest BCUT2D eigenvalue weighted by Gasteiger charge is -2.09. The first-order chi connectivity index (χ1) is 10.0. The van der Waals surface area contributed by atoms with Crippen LogP contribution in [0, 0.1) is 15.9 Å². The summed E-state index contributed by atoms with van der Waals surface area (Å²) in [5, 5.41) is 13.6. The molecule has 0 aliphatic rings. The number of aromatic nitrogens is 1. The summed E-state index contributed by atoms with van der Waals surface area (Å²) in [4.78, 5) is 14.3. The van der Waals surface area contributed by atoms with Crippen molar-refractivity contribution in [1.82, 2.24) is 4.98 Å². The van der Waals surface area contributed by atoms with E-state index in [0.717, 1.165) is 6.07 Å². The molecular formula is C12H12FN5O3. The van der Waals surface area contributed by atoms with E-state index >= 15 is 0 Å². The second-order valence-electron chi connectivity index (χ2n) is 3.94. The van der Waals surface area contributed by atoms with E-state index in [-0.39, 0.29) is 28.8 Å². The van der Waals surface area contributed by atoms with Crippen LogP contribution in [0.2, 0.25) is 0 Å². The molecule has 2 rings (SSSR count). The monoisotopic (exact) mass is 293 g/mol. The Morgan fingerprint density at radius 2 is 2.14 bits per heavy atom. The maximum absolute atomic E-state index is 13.6. The van der Waals surface area contributed by atoms with E-state index in [4.69, 9.17) is 10.6 Å². The van der Waals surface area contributed by atoms with E-state index in [2.05, 4.69) is 15.7 Å². The second-order valence-corrected chi connectivity index (χ2v) is 3.94. The first kappa shape index (κ1) is 14.5. The van der Waals surface area contributed by atoms with E-state index in [0.29, 0.717) is 0 Å². The summed E-state index contributed by atoms with van der Waals surface area (Å²) < 4.78 is 18.4. The standard InChI is InChI=1S/C12H12FN5O3/c1-21-10-4-2-7(6-8(10)13)15-12-9(18(19)20)3-5-11(16-12)17-14/h2-6H,14H2,1H3,(H2,15,16,17). The van der Waals surface area contributed by atoms with Crippen LogP contribution < -0.4 is 21.3 Å². The van der Waals surface area contributed by atoms with Gasteiger partial charge >= 0.3 is 5.69 Å². The molecule has 2 aromatic rings. The first-order valence-corrected chi connectivity index (χ1v) is 5.77. The Kier molecular flexibility index (Phi) is 4.14. The van der Waals surface area contributed by atoms with E-state index in [1.165, 1.54) is 31.4 Å². The van der Waals surface area contributed by atoms with E-state index in [9.17, 15) is 14.5 Å². The molecule has 0 fully saturated rings. The zero-order valence-electron chi connectivity index (χ0n) is 11.0. The number of halogens is 1. The van der Waals surface area contributed by atoms with Gasteiger partial charge in [-0.15, -0.1) is 0 Å². The van der Waals surface area contributed by atoms with Crippen LogP contribution >= 0.6 is 0 Å². The average Bonchev–Trinajstić information content (AvgIpc) is 2.47. The number of nitrogen functional groups attached to an aromatic ring is 1. The Balaban J connectivity index is 2.37. The topological polar surface area (TPSA) is 115 Å². The van der Waals surface area contributed by atoms with Gasteiger partial charge in [-0.05, 0) is 18.2 Å². The molecule has 8 nitrogen and oxygen atoms in total. The van der Waals surface area contributed by atoms with Gasteiger partial charge in [-0.1, -0.05) is 0 Å². The largest absolute Gasteiger partial charge is 0.494 e. The molecule has 0 saturated heterocycles. The summed E-state index contributed by atoms with van der Waals surface area (Å²) in [6.45, 7) is 0. The van der Waals surface area contributed by atoms with Crippen LogP contribution in [0.25, 0.3) is 0 Å². The predicted octanol–water partition coefficient (Wildman–Crippen LogP) is 2.17. The number of ether oxygens (including phenoxy) is 1. The Bertz CT molecular complexity index is 680. The summed E-state index contributed by atoms with van der Waals surface area (Å²) in [7, 11) is 1.34. The number of benzene rings is 1. The van der Waals surface area contributed by atoms with Gasteiger partial charge < -0.3 is 15.5 Å². The molecule has 4 N–H and O–H groups in total. The van der Waals surface area contributed by atoms with Gasteiger partial charge in [0.25, 0.3) is 0 Å². The van der Waals surface area contributed by atoms with E-state index < -0.39 is 10.7 Å². The van der Waals surface area contributed by atoms with Crippen molar-refractivity contribution < 1.29 is 14.1 Å². The summed E-state index contributed by atoms with van der Waals surface area (Å²) in [6.07, 6.45) is 0. The maximum Gasteiger partial charge on any atom is 0.311 e. The molecule has 0 amide bonds. The van der Waals surface area contributed by atoms with E-state index in [1.807, 2.05) is 0 Å². The van der Waals surface area contributed by atoms with Crippen molar-refractivity contribution in [2.24, 2.45) is 5.84 Å². The van der Waals surface area contributed by atoms with Gasteiger partial charge in [-0.25, -0.2) is 15.2 Å². The van der Waals surface area contributed by atoms with E-state index in [1.54, 1.807) is 0 Å². The van der Waals surface area contributed by atoms with Crippen LogP contribution in [0.15, 0.2) is 30.3 Å². The quantitative estimate of drug-likeness (QED) is 0.439. The van der Waals surface area contributed by atoms with Crippen LogP contribution in [0.4, 0.5) is 27.4 Å². The molecule has 0 bridgehead atoms. The highest BCUT2D eigenvalue weighted by molar-refractivity contribution is 5.68. The number of hydrazine groups is 1. The van der Waals surface area contributed by atoms with Gasteiger partial charge in [0.2, 0.25) is 5.82 Å². The molecule has 1 aromatic carbocycles. The summed E-state index contributed by atoms with van der Waals surface area (Å²) in [5.41, 5.74) is 2.31. The van der Waals surface area contributed by atoms with Gasteiger partial charge in [0, 0.05) is 17.8 Å². The molecule has 0 atom stereocenters. The number of rotatable bonds is 5. The summed E-state index contributed by atoms with van der Waals surface area (Å²) in [6, 6.07) is 6.65. The normalized spacial score (nSPS) is 10.0. The average molecular weight is 293 g/mol. The smallest absolute Gasteiger partial charge is 0.311 e. The van der Waals surface area contributed by atoms with Crippen molar-refractivity contribution in [3.63, 3.8) is 0 Å². The lowest BCUT2D eigenvalue weighted by atomic mass is 10.2. The third kappa shape index (κ3) is 3.15. The van der Waals surface area contributed by atoms with Gasteiger partial charge in [-0.3, -0.25) is 10.1 Å². The molecule has 0 radical (unpaired) electrons. The van der Waals surface area contributed by atoms with Crippen molar-refractivity contribution in [2.45, 2.75) is 0 Å². The highest BCUT2D eigenvalue weighted by Crippen LogP contribution is 2.28. The number of methoxy groups -OCH3 is 1. The third-order valence-electron chi connectivity index (χ3n) is 2.63. The molecule has 110 valence electrons. The number of nitrogens with two attached hydrogens (primary N) is 1. The number of hydrogen-bond acceptors (Lipinski definition) is 7. The Morgan fingerprint density at radius 3 is 2.71 bits per heavy atom. The summed E-state index contributed by atoms with van der Waals surface area (Å²) >= 11 is 0. The molecule has 0 spiro atoms. The highest BCUT2D eigenvalue weighted by Gasteiger charge is 2.16. The molecule has 0 aliphatic carbocycles. The SMILES string of the molecule is COc1ccc(Nc2nc(NN)ccc2[N+](=O)[O-])cc1F. The molecule has 1 aromatic heterocycles. The number of nitrogens with zero attached hydrogens (tertiary/aromatic N) is 2. The third-order valence-corrected chi connectivity index (χ3v) is 2.63. The van der Waals surface area contributed by atoms with Crippen LogP contribution in [-0.2, 0) is 0 Å². The van der Waals surface area contributed by atoms with Crippen molar-refractivity contribution in [2.75, 3.05) is 17.9 Å². The lowest BCUT2D eigenvalue weighted by Crippen LogP contribution is -2.10. The Hall–Kier alpha value is -2.94. The number of nitro groups is 1. The molecule has 21 heavy (non-hydrogen) atoms. The first-order valence-electron chi connectivity index (χ1n) is 5.77.